The van der Waals surface area contributed by atoms with E-state index in [2.05, 4.69) is 19.9 Å². The minimum atomic E-state index is -2.06. The Kier molecular flexibility index (Phi) is 14.3. The van der Waals surface area contributed by atoms with E-state index in [0.717, 1.165) is 44.4 Å². The van der Waals surface area contributed by atoms with Crippen molar-refractivity contribution in [2.24, 2.45) is 5.41 Å². The fourth-order valence-electron chi connectivity index (χ4n) is 8.11. The second-order valence-electron chi connectivity index (χ2n) is 14.8. The van der Waals surface area contributed by atoms with E-state index < -0.39 is 63.1 Å². The van der Waals surface area contributed by atoms with Gasteiger partial charge in [0.15, 0.2) is 6.29 Å². The number of nitrogens with zero attached hydrogens (tertiary/aromatic N) is 6. The molecule has 0 spiro atoms. The lowest BCUT2D eigenvalue weighted by molar-refractivity contribution is -0.158. The number of aromatic nitrogens is 3. The fourth-order valence-corrected chi connectivity index (χ4v) is 9.82. The number of benzene rings is 2. The molecule has 2 saturated heterocycles. The van der Waals surface area contributed by atoms with Crippen LogP contribution in [0.4, 0.5) is 13.2 Å². The number of thioether (sulfide) groups is 1. The number of ether oxygens (including phenoxy) is 3. The van der Waals surface area contributed by atoms with Crippen LogP contribution in [0.3, 0.4) is 0 Å². The lowest BCUT2D eigenvalue weighted by Gasteiger charge is -2.56. The minimum absolute atomic E-state index is 0.0317. The van der Waals surface area contributed by atoms with Crippen LogP contribution in [0, 0.1) is 34.2 Å². The quantitative estimate of drug-likeness (QED) is 0.138. The largest absolute Gasteiger partial charge is 0.481 e. The van der Waals surface area contributed by atoms with Crippen LogP contribution in [0.1, 0.15) is 36.5 Å². The van der Waals surface area contributed by atoms with Gasteiger partial charge in [-0.25, -0.2) is 18.2 Å². The van der Waals surface area contributed by atoms with E-state index in [4.69, 9.17) is 19.5 Å². The van der Waals surface area contributed by atoms with Gasteiger partial charge in [-0.15, -0.1) is 11.8 Å². The maximum Gasteiger partial charge on any atom is 0.316 e. The molecule has 0 bridgehead atoms. The molecule has 3 heterocycles. The number of nitriles is 1. The molecule has 1 N–H and O–H groups in total. The molecule has 1 aromatic heterocycles. The third kappa shape index (κ3) is 9.55. The van der Waals surface area contributed by atoms with Crippen molar-refractivity contribution in [3.8, 4) is 6.07 Å². The van der Waals surface area contributed by atoms with E-state index in [1.807, 2.05) is 13.1 Å². The van der Waals surface area contributed by atoms with Crippen molar-refractivity contribution < 1.29 is 42.1 Å². The Balaban J connectivity index is 1.32. The van der Waals surface area contributed by atoms with E-state index in [9.17, 15) is 23.5 Å². The zero-order valence-corrected chi connectivity index (χ0v) is 33.7. The second-order valence-corrected chi connectivity index (χ2v) is 16.4. The topological polar surface area (TPSA) is 143 Å². The highest BCUT2D eigenvalue weighted by atomic mass is 32.2. The summed E-state index contributed by atoms with van der Waals surface area (Å²) >= 11 is 1.20. The maximum absolute atomic E-state index is 16.3. The summed E-state index contributed by atoms with van der Waals surface area (Å²) in [6, 6.07) is 9.18. The average molecular weight is 833 g/mol. The number of piperazine rings is 1. The summed E-state index contributed by atoms with van der Waals surface area (Å²) in [5.41, 5.74) is -3.27. The number of allylic oxidation sites excluding steroid dienone is 4. The van der Waals surface area contributed by atoms with E-state index >= 15 is 4.39 Å². The maximum atomic E-state index is 16.3. The Morgan fingerprint density at radius 3 is 2.49 bits per heavy atom. The Hall–Kier alpha value is -5.05. The summed E-state index contributed by atoms with van der Waals surface area (Å²) in [5, 5.41) is 24.5. The molecule has 6 rings (SSSR count). The van der Waals surface area contributed by atoms with Crippen molar-refractivity contribution in [1.29, 1.82) is 5.26 Å². The van der Waals surface area contributed by atoms with E-state index in [1.54, 1.807) is 49.5 Å². The monoisotopic (exact) mass is 832 g/mol. The summed E-state index contributed by atoms with van der Waals surface area (Å²) in [6.07, 6.45) is 14.9. The zero-order valence-electron chi connectivity index (χ0n) is 32.9. The normalized spacial score (nSPS) is 24.9. The van der Waals surface area contributed by atoms with Gasteiger partial charge in [0.1, 0.15) is 42.1 Å². The van der Waals surface area contributed by atoms with Crippen LogP contribution < -0.4 is 0 Å². The van der Waals surface area contributed by atoms with Crippen molar-refractivity contribution in [3.05, 3.63) is 126 Å². The lowest BCUT2D eigenvalue weighted by atomic mass is 9.51. The Bertz CT molecular complexity index is 2110. The number of likely N-dealkylation sites (N-methyl/N-ethyl adjacent to an activating group) is 1. The van der Waals surface area contributed by atoms with E-state index in [-0.39, 0.29) is 43.7 Å². The molecule has 0 amide bonds. The number of carboxylic acids is 1. The predicted molar refractivity (Wildman–Crippen MR) is 215 cm³/mol. The molecule has 3 aliphatic rings. The molecule has 59 heavy (non-hydrogen) atoms. The number of carbonyl (C=O) groups excluding carboxylic acids is 1. The molecule has 312 valence electrons. The third-order valence-corrected chi connectivity index (χ3v) is 12.9. The number of halogens is 3. The SMILES string of the molecule is CCC(Cn1cncn1)(c1ccc(F)cc1F)[C@@]1(C(=O)O)C=CC=C[C@@]1(COC(=O)CCN1CCN(C)CC1)S[C@H]1CO[C@H](/C=C/C=C/c2ccc(C#N)cc2F)OC1. The van der Waals surface area contributed by atoms with Gasteiger partial charge in [-0.1, -0.05) is 61.6 Å². The van der Waals surface area contributed by atoms with Gasteiger partial charge in [0.2, 0.25) is 0 Å². The van der Waals surface area contributed by atoms with Crippen LogP contribution in [0.25, 0.3) is 6.08 Å². The van der Waals surface area contributed by atoms with E-state index in [1.165, 1.54) is 53.4 Å². The van der Waals surface area contributed by atoms with Crippen LogP contribution >= 0.6 is 11.8 Å². The van der Waals surface area contributed by atoms with Gasteiger partial charge in [-0.2, -0.15) is 10.4 Å². The van der Waals surface area contributed by atoms with Crippen molar-refractivity contribution >= 4 is 29.8 Å². The highest BCUT2D eigenvalue weighted by molar-refractivity contribution is 8.01. The molecule has 0 radical (unpaired) electrons. The van der Waals surface area contributed by atoms with Gasteiger partial charge < -0.3 is 29.1 Å². The zero-order chi connectivity index (χ0) is 42.0. The van der Waals surface area contributed by atoms with Crippen LogP contribution in [-0.4, -0.2) is 117 Å². The predicted octanol–water partition coefficient (Wildman–Crippen LogP) is 5.78. The first kappa shape index (κ1) is 43.5. The molecule has 3 aromatic rings. The Morgan fingerprint density at radius 2 is 1.83 bits per heavy atom. The fraction of sp³-hybridized carbons (Fsp3) is 0.419. The average Bonchev–Trinajstić information content (AvgIpc) is 3.75. The highest BCUT2D eigenvalue weighted by Crippen LogP contribution is 2.61. The number of carboxylic acid groups (broad SMARTS) is 1. The first-order valence-corrected chi connectivity index (χ1v) is 20.2. The molecule has 16 heteroatoms. The number of aliphatic carboxylic acids is 1. The van der Waals surface area contributed by atoms with Crippen molar-refractivity contribution in [1.82, 2.24) is 24.6 Å². The number of carbonyl (C=O) groups is 2. The van der Waals surface area contributed by atoms with Gasteiger partial charge in [0.25, 0.3) is 0 Å². The number of esters is 1. The molecule has 1 aliphatic carbocycles. The summed E-state index contributed by atoms with van der Waals surface area (Å²) in [6.45, 7) is 5.13. The van der Waals surface area contributed by atoms with Gasteiger partial charge in [0, 0.05) is 49.8 Å². The summed E-state index contributed by atoms with van der Waals surface area (Å²) in [7, 11) is 2.04. The Morgan fingerprint density at radius 1 is 1.07 bits per heavy atom. The minimum Gasteiger partial charge on any atom is -0.481 e. The first-order chi connectivity index (χ1) is 28.4. The first-order valence-electron chi connectivity index (χ1n) is 19.3. The standard InChI is InChI=1S/C43H47F3N6O6S/c1-3-41(27-52-30-48-29-49-52,35-13-12-33(44)23-37(35)46)43(40(54)55)16-7-6-15-42(43,28-58-38(53)14-17-51-20-18-50(2)19-21-51)59-34-25-56-39(57-26-34)9-5-4-8-32-11-10-31(24-47)22-36(32)45/h4-13,15-16,22-23,29-30,34,39H,3,14,17-21,25-28H2,1-2H3,(H,54,55)/b8-4+,9-5+/t34-,39-,41?,42-,43-/m0/s1. The van der Waals surface area contributed by atoms with Crippen LogP contribution in [0.2, 0.25) is 0 Å². The van der Waals surface area contributed by atoms with E-state index in [0.29, 0.717) is 12.1 Å². The van der Waals surface area contributed by atoms with Gasteiger partial charge in [-0.3, -0.25) is 14.3 Å². The van der Waals surface area contributed by atoms with Gasteiger partial charge >= 0.3 is 11.9 Å². The Labute approximate surface area is 345 Å². The molecule has 12 nitrogen and oxygen atoms in total. The molecule has 1 unspecified atom stereocenters. The third-order valence-electron chi connectivity index (χ3n) is 11.3. The molecule has 0 saturated carbocycles. The number of rotatable bonds is 16. The molecule has 2 aromatic carbocycles. The summed E-state index contributed by atoms with van der Waals surface area (Å²) < 4.78 is 63.2. The van der Waals surface area contributed by atoms with Crippen LogP contribution in [0.5, 0.6) is 0 Å². The van der Waals surface area contributed by atoms with Crippen molar-refractivity contribution in [2.45, 2.75) is 48.0 Å². The number of hydrogen-bond donors (Lipinski definition) is 1. The molecule has 2 aliphatic heterocycles. The van der Waals surface area contributed by atoms with Crippen LogP contribution in [0.15, 0.2) is 91.6 Å². The highest BCUT2D eigenvalue weighted by Gasteiger charge is 2.68. The summed E-state index contributed by atoms with van der Waals surface area (Å²) in [4.78, 5) is 36.4. The molecular weight excluding hydrogens is 786 g/mol. The molecule has 2 fully saturated rings. The smallest absolute Gasteiger partial charge is 0.316 e. The van der Waals surface area contributed by atoms with Gasteiger partial charge in [-0.05, 0) is 43.3 Å². The second kappa shape index (κ2) is 19.3. The molecular formula is C43H47F3N6O6S. The van der Waals surface area contributed by atoms with Crippen molar-refractivity contribution in [3.63, 3.8) is 0 Å². The van der Waals surface area contributed by atoms with Gasteiger partial charge in [0.05, 0.1) is 47.8 Å². The summed E-state index contributed by atoms with van der Waals surface area (Å²) in [5.74, 6) is -4.14. The van der Waals surface area contributed by atoms with Crippen molar-refractivity contribution in [2.75, 3.05) is 59.6 Å². The number of hydrogen-bond acceptors (Lipinski definition) is 11. The van der Waals surface area contributed by atoms with Crippen LogP contribution in [-0.2, 0) is 35.8 Å². The molecule has 3 atom stereocenters. The lowest BCUT2D eigenvalue weighted by Crippen LogP contribution is -2.66.